The number of hydrogen-bond acceptors (Lipinski definition) is 4. The average Bonchev–Trinajstić information content (AvgIpc) is 2.92. The normalized spacial score (nSPS) is 29.1. The molecule has 28 heavy (non-hydrogen) atoms. The number of nitrogens with zero attached hydrogens (tertiary/aromatic N) is 3. The van der Waals surface area contributed by atoms with Crippen molar-refractivity contribution in [3.63, 3.8) is 0 Å². The van der Waals surface area contributed by atoms with Crippen LogP contribution in [0, 0.1) is 28.6 Å². The van der Waals surface area contributed by atoms with E-state index in [1.165, 1.54) is 0 Å². The lowest BCUT2D eigenvalue weighted by atomic mass is 9.65. The summed E-state index contributed by atoms with van der Waals surface area (Å²) in [4.78, 5) is 40.9. The number of piperidine rings is 1. The molecule has 2 aliphatic heterocycles. The van der Waals surface area contributed by atoms with Crippen molar-refractivity contribution in [1.82, 2.24) is 15.1 Å². The summed E-state index contributed by atoms with van der Waals surface area (Å²) in [5.41, 5.74) is -0.593. The molecule has 0 radical (unpaired) electrons. The van der Waals surface area contributed by atoms with Crippen molar-refractivity contribution in [2.75, 3.05) is 19.6 Å². The molecule has 3 aliphatic rings. The molecule has 0 bridgehead atoms. The number of likely N-dealkylation sites (tertiary alicyclic amines) is 1. The maximum atomic E-state index is 13.1. The van der Waals surface area contributed by atoms with E-state index in [4.69, 9.17) is 5.26 Å². The summed E-state index contributed by atoms with van der Waals surface area (Å²) in [6.45, 7) is 7.56. The van der Waals surface area contributed by atoms with Crippen molar-refractivity contribution >= 4 is 17.8 Å². The second kappa shape index (κ2) is 7.73. The van der Waals surface area contributed by atoms with Crippen LogP contribution >= 0.6 is 0 Å². The van der Waals surface area contributed by atoms with Crippen molar-refractivity contribution < 1.29 is 14.4 Å². The van der Waals surface area contributed by atoms with Gasteiger partial charge in [-0.25, -0.2) is 4.79 Å². The number of amides is 4. The van der Waals surface area contributed by atoms with Crippen LogP contribution in [0.3, 0.4) is 0 Å². The van der Waals surface area contributed by atoms with E-state index in [-0.39, 0.29) is 29.7 Å². The van der Waals surface area contributed by atoms with E-state index >= 15 is 0 Å². The van der Waals surface area contributed by atoms with Crippen LogP contribution in [0.4, 0.5) is 4.79 Å². The van der Waals surface area contributed by atoms with Crippen LogP contribution in [-0.2, 0) is 9.59 Å². The highest BCUT2D eigenvalue weighted by Gasteiger charge is 2.54. The molecular formula is C21H32N4O3. The number of urea groups is 1. The summed E-state index contributed by atoms with van der Waals surface area (Å²) in [6.07, 6.45) is 5.51. The quantitative estimate of drug-likeness (QED) is 0.749. The lowest BCUT2D eigenvalue weighted by Crippen LogP contribution is -2.51. The second-order valence-electron chi connectivity index (χ2n) is 9.30. The summed E-state index contributed by atoms with van der Waals surface area (Å²) in [7, 11) is 0. The minimum atomic E-state index is -0.828. The Bertz CT molecular complexity index is 680. The number of rotatable bonds is 4. The molecular weight excluding hydrogens is 356 g/mol. The van der Waals surface area contributed by atoms with Crippen molar-refractivity contribution in [2.45, 2.75) is 71.3 Å². The third-order valence-corrected chi connectivity index (χ3v) is 7.43. The minimum Gasteiger partial charge on any atom is -0.341 e. The molecule has 1 aliphatic carbocycles. The van der Waals surface area contributed by atoms with Gasteiger partial charge in [0.05, 0.1) is 6.07 Å². The largest absolute Gasteiger partial charge is 0.341 e. The number of imide groups is 1. The Morgan fingerprint density at radius 1 is 1.21 bits per heavy atom. The van der Waals surface area contributed by atoms with Gasteiger partial charge in [0.25, 0.3) is 5.91 Å². The Labute approximate surface area is 167 Å². The third-order valence-electron chi connectivity index (χ3n) is 7.43. The van der Waals surface area contributed by atoms with Crippen LogP contribution in [0.15, 0.2) is 0 Å². The van der Waals surface area contributed by atoms with Crippen molar-refractivity contribution in [3.8, 4) is 6.07 Å². The molecule has 0 aromatic heterocycles. The van der Waals surface area contributed by atoms with Gasteiger partial charge < -0.3 is 10.2 Å². The van der Waals surface area contributed by atoms with Crippen LogP contribution in [-0.4, -0.2) is 52.8 Å². The zero-order valence-corrected chi connectivity index (χ0v) is 17.3. The Balaban J connectivity index is 1.60. The second-order valence-corrected chi connectivity index (χ2v) is 9.30. The lowest BCUT2D eigenvalue weighted by molar-refractivity contribution is -0.140. The highest BCUT2D eigenvalue weighted by molar-refractivity contribution is 6.09. The number of carbonyl (C=O) groups excluding carboxylic acids is 3. The standard InChI is InChI=1S/C21H32N4O3/c1-4-20(2,3)16-5-9-21(10-6-16)18(27)25(19(28)23-21)14-17(26)24-11-7-15(13-22)8-12-24/h15-16H,4-12,14H2,1-3H3,(H,23,28). The molecule has 1 spiro atoms. The lowest BCUT2D eigenvalue weighted by Gasteiger charge is -2.42. The maximum absolute atomic E-state index is 13.1. The highest BCUT2D eigenvalue weighted by atomic mass is 16.2. The summed E-state index contributed by atoms with van der Waals surface area (Å²) >= 11 is 0. The van der Waals surface area contributed by atoms with Crippen LogP contribution in [0.5, 0.6) is 0 Å². The van der Waals surface area contributed by atoms with E-state index in [0.29, 0.717) is 44.7 Å². The number of nitriles is 1. The summed E-state index contributed by atoms with van der Waals surface area (Å²) < 4.78 is 0. The maximum Gasteiger partial charge on any atom is 0.325 e. The molecule has 154 valence electrons. The van der Waals surface area contributed by atoms with Gasteiger partial charge in [0.2, 0.25) is 5.91 Å². The summed E-state index contributed by atoms with van der Waals surface area (Å²) in [5.74, 6) is 0.0831. The fraction of sp³-hybridized carbons (Fsp3) is 0.810. The Hall–Kier alpha value is -2.10. The van der Waals surface area contributed by atoms with Gasteiger partial charge in [-0.05, 0) is 49.9 Å². The fourth-order valence-electron chi connectivity index (χ4n) is 4.83. The Morgan fingerprint density at radius 3 is 2.36 bits per heavy atom. The molecule has 4 amide bonds. The van der Waals surface area contributed by atoms with Crippen molar-refractivity contribution in [3.05, 3.63) is 0 Å². The molecule has 7 heteroatoms. The van der Waals surface area contributed by atoms with Crippen molar-refractivity contribution in [1.29, 1.82) is 5.26 Å². The van der Waals surface area contributed by atoms with Crippen LogP contribution in [0.2, 0.25) is 0 Å². The topological polar surface area (TPSA) is 93.5 Å². The molecule has 1 saturated carbocycles. The van der Waals surface area contributed by atoms with Gasteiger partial charge in [0.15, 0.2) is 0 Å². The van der Waals surface area contributed by atoms with Crippen molar-refractivity contribution in [2.24, 2.45) is 17.3 Å². The first-order valence-electron chi connectivity index (χ1n) is 10.5. The zero-order valence-electron chi connectivity index (χ0n) is 17.3. The van der Waals surface area contributed by atoms with E-state index in [9.17, 15) is 14.4 Å². The van der Waals surface area contributed by atoms with Gasteiger partial charge in [-0.1, -0.05) is 27.2 Å². The monoisotopic (exact) mass is 388 g/mol. The first-order valence-corrected chi connectivity index (χ1v) is 10.5. The molecule has 0 unspecified atom stereocenters. The molecule has 7 nitrogen and oxygen atoms in total. The Morgan fingerprint density at radius 2 is 1.82 bits per heavy atom. The van der Waals surface area contributed by atoms with Gasteiger partial charge in [0, 0.05) is 19.0 Å². The van der Waals surface area contributed by atoms with Crippen LogP contribution in [0.25, 0.3) is 0 Å². The molecule has 0 aromatic carbocycles. The summed E-state index contributed by atoms with van der Waals surface area (Å²) in [6, 6.07) is 1.80. The zero-order chi connectivity index (χ0) is 20.5. The van der Waals surface area contributed by atoms with E-state index in [1.807, 2.05) is 0 Å². The smallest absolute Gasteiger partial charge is 0.325 e. The SMILES string of the molecule is CCC(C)(C)C1CCC2(CC1)NC(=O)N(CC(=O)N1CCC(C#N)CC1)C2=O. The number of carbonyl (C=O) groups is 3. The molecule has 3 fully saturated rings. The first kappa shape index (κ1) is 20.6. The van der Waals surface area contributed by atoms with Gasteiger partial charge in [-0.15, -0.1) is 0 Å². The molecule has 2 saturated heterocycles. The van der Waals surface area contributed by atoms with E-state index in [1.54, 1.807) is 4.90 Å². The highest BCUT2D eigenvalue weighted by Crippen LogP contribution is 2.45. The predicted molar refractivity (Wildman–Crippen MR) is 104 cm³/mol. The third kappa shape index (κ3) is 3.74. The fourth-order valence-corrected chi connectivity index (χ4v) is 4.83. The Kier molecular flexibility index (Phi) is 5.69. The van der Waals surface area contributed by atoms with Gasteiger partial charge in [0.1, 0.15) is 12.1 Å². The van der Waals surface area contributed by atoms with Crippen LogP contribution in [0.1, 0.15) is 65.7 Å². The van der Waals surface area contributed by atoms with Gasteiger partial charge in [-0.2, -0.15) is 5.26 Å². The molecule has 3 rings (SSSR count). The van der Waals surface area contributed by atoms with Gasteiger partial charge in [-0.3, -0.25) is 14.5 Å². The first-order chi connectivity index (χ1) is 13.2. The number of nitrogens with one attached hydrogen (secondary N) is 1. The van der Waals surface area contributed by atoms with E-state index in [2.05, 4.69) is 32.2 Å². The molecule has 2 heterocycles. The predicted octanol–water partition coefficient (Wildman–Crippen LogP) is 2.67. The van der Waals surface area contributed by atoms with E-state index < -0.39 is 11.6 Å². The number of hydrogen-bond donors (Lipinski definition) is 1. The van der Waals surface area contributed by atoms with Gasteiger partial charge >= 0.3 is 6.03 Å². The van der Waals surface area contributed by atoms with Crippen LogP contribution < -0.4 is 5.32 Å². The van der Waals surface area contributed by atoms with E-state index in [0.717, 1.165) is 24.2 Å². The molecule has 0 atom stereocenters. The average molecular weight is 389 g/mol. The molecule has 0 aromatic rings. The summed E-state index contributed by atoms with van der Waals surface area (Å²) in [5, 5.41) is 11.9. The molecule has 1 N–H and O–H groups in total. The minimum absolute atomic E-state index is 0.00778.